The zero-order chi connectivity index (χ0) is 31.9. The normalized spacial score (nSPS) is 18.6. The van der Waals surface area contributed by atoms with Crippen LogP contribution in [0.25, 0.3) is 0 Å². The van der Waals surface area contributed by atoms with Crippen LogP contribution in [0.5, 0.6) is 11.5 Å². The summed E-state index contributed by atoms with van der Waals surface area (Å²) in [4.78, 5) is 50.6. The Bertz CT molecular complexity index is 1430. The molecule has 5 N–H and O–H groups in total. The number of rotatable bonds is 14. The maximum Gasteiger partial charge on any atom is 0.377 e. The Hall–Kier alpha value is -4.78. The molecule has 1 aliphatic heterocycles. The summed E-state index contributed by atoms with van der Waals surface area (Å²) in [6, 6.07) is 25.3. The summed E-state index contributed by atoms with van der Waals surface area (Å²) in [5, 5.41) is 28.9. The van der Waals surface area contributed by atoms with Gasteiger partial charge >= 0.3 is 23.7 Å². The van der Waals surface area contributed by atoms with Gasteiger partial charge in [-0.1, -0.05) is 60.7 Å². The van der Waals surface area contributed by atoms with Gasteiger partial charge in [-0.05, 0) is 55.2 Å². The Kier molecular flexibility index (Phi) is 10.3. The minimum atomic E-state index is -3.16. The molecule has 4 unspecified atom stereocenters. The van der Waals surface area contributed by atoms with Crippen LogP contribution in [-0.4, -0.2) is 81.2 Å². The molecule has 0 aromatic heterocycles. The molecule has 1 heterocycles. The molecule has 0 saturated carbocycles. The van der Waals surface area contributed by atoms with Gasteiger partial charge in [0.25, 0.3) is 5.91 Å². The van der Waals surface area contributed by atoms with E-state index in [1.54, 1.807) is 19.1 Å². The topological polar surface area (TPSA) is 186 Å². The third kappa shape index (κ3) is 7.22. The summed E-state index contributed by atoms with van der Waals surface area (Å²) < 4.78 is 16.3. The molecule has 4 rings (SSSR count). The summed E-state index contributed by atoms with van der Waals surface area (Å²) in [5.41, 5.74) is 7.53. The molecule has 1 fully saturated rings. The third-order valence-electron chi connectivity index (χ3n) is 7.52. The van der Waals surface area contributed by atoms with Gasteiger partial charge in [-0.25, -0.2) is 9.59 Å². The number of carbonyl (C=O) groups excluding carboxylic acids is 1. The van der Waals surface area contributed by atoms with Gasteiger partial charge in [-0.15, -0.1) is 0 Å². The fourth-order valence-electron chi connectivity index (χ4n) is 5.24. The molecule has 12 heteroatoms. The fraction of sp³-hybridized carbons (Fsp3) is 0.312. The maximum absolute atomic E-state index is 13.9. The van der Waals surface area contributed by atoms with E-state index < -0.39 is 66.9 Å². The smallest absolute Gasteiger partial charge is 0.377 e. The number of carbonyl (C=O) groups is 4. The highest BCUT2D eigenvalue weighted by molar-refractivity contribution is 6.01. The predicted octanol–water partition coefficient (Wildman–Crippen LogP) is 3.11. The molecule has 0 aliphatic carbocycles. The maximum atomic E-state index is 13.9. The van der Waals surface area contributed by atoms with Crippen LogP contribution in [0, 0.1) is 0 Å². The van der Waals surface area contributed by atoms with Crippen molar-refractivity contribution in [3.63, 3.8) is 0 Å². The van der Waals surface area contributed by atoms with Crippen molar-refractivity contribution >= 4 is 23.8 Å². The van der Waals surface area contributed by atoms with Crippen molar-refractivity contribution < 1.29 is 48.7 Å². The Morgan fingerprint density at radius 3 is 1.98 bits per heavy atom. The average Bonchev–Trinajstić information content (AvgIpc) is 3.43. The monoisotopic (exact) mass is 606 g/mol. The summed E-state index contributed by atoms with van der Waals surface area (Å²) in [6.07, 6.45) is -2.12. The molecule has 0 spiro atoms. The van der Waals surface area contributed by atoms with Crippen LogP contribution in [0.3, 0.4) is 0 Å². The molecular formula is C32H34N2O10. The summed E-state index contributed by atoms with van der Waals surface area (Å²) in [7, 11) is 0. The first-order valence-electron chi connectivity index (χ1n) is 14.0. The van der Waals surface area contributed by atoms with E-state index in [0.29, 0.717) is 24.3 Å². The zero-order valence-corrected chi connectivity index (χ0v) is 23.9. The molecule has 44 heavy (non-hydrogen) atoms. The molecule has 4 atom stereocenters. The highest BCUT2D eigenvalue weighted by Crippen LogP contribution is 2.35. The second kappa shape index (κ2) is 14.1. The molecule has 3 aromatic carbocycles. The number of hydrogen-bond donors (Lipinski definition) is 4. The van der Waals surface area contributed by atoms with Crippen LogP contribution in [-0.2, 0) is 35.1 Å². The van der Waals surface area contributed by atoms with Crippen molar-refractivity contribution in [1.82, 2.24) is 4.90 Å². The van der Waals surface area contributed by atoms with Gasteiger partial charge in [-0.2, -0.15) is 0 Å². The number of para-hydroxylation sites is 1. The summed E-state index contributed by atoms with van der Waals surface area (Å²) in [6.45, 7) is 0.468. The van der Waals surface area contributed by atoms with E-state index in [1.165, 1.54) is 0 Å². The second-order valence-electron chi connectivity index (χ2n) is 10.4. The van der Waals surface area contributed by atoms with Crippen molar-refractivity contribution in [3.05, 3.63) is 96.1 Å². The number of ether oxygens (including phenoxy) is 3. The van der Waals surface area contributed by atoms with E-state index in [2.05, 4.69) is 0 Å². The van der Waals surface area contributed by atoms with E-state index in [-0.39, 0.29) is 0 Å². The molecule has 1 saturated heterocycles. The molecular weight excluding hydrogens is 572 g/mol. The van der Waals surface area contributed by atoms with E-state index in [9.17, 15) is 34.5 Å². The van der Waals surface area contributed by atoms with Crippen LogP contribution in [0.15, 0.2) is 84.9 Å². The molecule has 3 aromatic rings. The van der Waals surface area contributed by atoms with Gasteiger partial charge in [0.15, 0.2) is 6.10 Å². The molecule has 232 valence electrons. The molecule has 1 amide bonds. The SMILES string of the molecule is CC(C(CCc1ccccc1)c1ccc(Oc2ccccc2)cc1)N(CC(=O)O)C(=O)C1OC(C(=O)O)(C(=O)O)OC1CN. The lowest BCUT2D eigenvalue weighted by Crippen LogP contribution is -2.53. The number of hydrogen-bond acceptors (Lipinski definition) is 8. The number of benzene rings is 3. The highest BCUT2D eigenvalue weighted by atomic mass is 16.8. The van der Waals surface area contributed by atoms with Crippen LogP contribution < -0.4 is 10.5 Å². The van der Waals surface area contributed by atoms with Gasteiger partial charge in [0.2, 0.25) is 0 Å². The van der Waals surface area contributed by atoms with Gasteiger partial charge in [0.1, 0.15) is 24.1 Å². The number of carboxylic acid groups (broad SMARTS) is 3. The van der Waals surface area contributed by atoms with Gasteiger partial charge in [0.05, 0.1) is 0 Å². The molecule has 12 nitrogen and oxygen atoms in total. The van der Waals surface area contributed by atoms with Crippen molar-refractivity contribution in [2.24, 2.45) is 5.73 Å². The Morgan fingerprint density at radius 2 is 1.43 bits per heavy atom. The number of aryl methyl sites for hydroxylation is 1. The number of carboxylic acids is 3. The van der Waals surface area contributed by atoms with E-state index in [1.807, 2.05) is 72.8 Å². The Labute approximate surface area is 253 Å². The number of nitrogens with zero attached hydrogens (tertiary/aromatic N) is 1. The number of aliphatic carboxylic acids is 3. The number of amides is 1. The standard InChI is InChI=1S/C32H34N2O10/c1-20(34(19-27(35)36)29(37)28-26(18-33)43-32(44-28,30(38)39)31(40)41)25(17-12-21-8-4-2-5-9-21)22-13-15-24(16-14-22)42-23-10-6-3-7-11-23/h2-11,13-16,20,25-26,28H,12,17-19,33H2,1H3,(H,35,36)(H,38,39)(H,40,41). The van der Waals surface area contributed by atoms with E-state index in [0.717, 1.165) is 16.0 Å². The van der Waals surface area contributed by atoms with Crippen molar-refractivity contribution in [1.29, 1.82) is 0 Å². The first kappa shape index (κ1) is 32.1. The van der Waals surface area contributed by atoms with Crippen molar-refractivity contribution in [3.8, 4) is 11.5 Å². The van der Waals surface area contributed by atoms with Crippen LogP contribution in [0.4, 0.5) is 0 Å². The van der Waals surface area contributed by atoms with E-state index in [4.69, 9.17) is 19.9 Å². The van der Waals surface area contributed by atoms with Gasteiger partial charge in [0, 0.05) is 18.5 Å². The first-order chi connectivity index (χ1) is 21.1. The van der Waals surface area contributed by atoms with Crippen LogP contribution in [0.1, 0.15) is 30.4 Å². The zero-order valence-electron chi connectivity index (χ0n) is 23.9. The lowest BCUT2D eigenvalue weighted by Gasteiger charge is -2.36. The van der Waals surface area contributed by atoms with Crippen LogP contribution in [0.2, 0.25) is 0 Å². The van der Waals surface area contributed by atoms with Crippen molar-refractivity contribution in [2.45, 2.75) is 49.7 Å². The van der Waals surface area contributed by atoms with E-state index >= 15 is 0 Å². The summed E-state index contributed by atoms with van der Waals surface area (Å²) in [5.74, 6) is -8.58. The predicted molar refractivity (Wildman–Crippen MR) is 156 cm³/mol. The highest BCUT2D eigenvalue weighted by Gasteiger charge is 2.62. The first-order valence-corrected chi connectivity index (χ1v) is 14.0. The lowest BCUT2D eigenvalue weighted by molar-refractivity contribution is -0.220. The third-order valence-corrected chi connectivity index (χ3v) is 7.52. The minimum Gasteiger partial charge on any atom is -0.480 e. The number of nitrogens with two attached hydrogens (primary N) is 1. The molecule has 0 bridgehead atoms. The minimum absolute atomic E-state index is 0.411. The van der Waals surface area contributed by atoms with Gasteiger partial charge in [-0.3, -0.25) is 9.59 Å². The van der Waals surface area contributed by atoms with Gasteiger partial charge < -0.3 is 40.2 Å². The Balaban J connectivity index is 1.66. The summed E-state index contributed by atoms with van der Waals surface area (Å²) >= 11 is 0. The molecule has 1 aliphatic rings. The van der Waals surface area contributed by atoms with Crippen LogP contribution >= 0.6 is 0 Å². The second-order valence-corrected chi connectivity index (χ2v) is 10.4. The van der Waals surface area contributed by atoms with Crippen molar-refractivity contribution in [2.75, 3.05) is 13.1 Å². The average molecular weight is 607 g/mol. The largest absolute Gasteiger partial charge is 0.480 e. The lowest BCUT2D eigenvalue weighted by atomic mass is 9.85. The Morgan fingerprint density at radius 1 is 0.864 bits per heavy atom. The molecule has 0 radical (unpaired) electrons. The quantitative estimate of drug-likeness (QED) is 0.198. The fourth-order valence-corrected chi connectivity index (χ4v) is 5.24.